The molecule has 1 saturated heterocycles. The maximum atomic E-state index is 14.4. The van der Waals surface area contributed by atoms with Gasteiger partial charge in [0.2, 0.25) is 0 Å². The Bertz CT molecular complexity index is 830. The fourth-order valence-corrected chi connectivity index (χ4v) is 3.75. The van der Waals surface area contributed by atoms with E-state index in [0.717, 1.165) is 22.2 Å². The molecule has 0 saturated carbocycles. The highest BCUT2D eigenvalue weighted by atomic mass is 79.9. The normalized spacial score (nSPS) is 21.1. The summed E-state index contributed by atoms with van der Waals surface area (Å²) in [6, 6.07) is 10.6. The molecule has 7 heteroatoms. The number of hydrogen-bond donors (Lipinski definition) is 1. The van der Waals surface area contributed by atoms with Crippen molar-refractivity contribution < 1.29 is 23.4 Å². The minimum atomic E-state index is -1.31. The second kappa shape index (κ2) is 7.94. The maximum absolute atomic E-state index is 14.4. The molecule has 1 N–H and O–H groups in total. The third kappa shape index (κ3) is 3.99. The zero-order chi connectivity index (χ0) is 19.6. The first-order valence-corrected chi connectivity index (χ1v) is 9.47. The summed E-state index contributed by atoms with van der Waals surface area (Å²) in [5.41, 5.74) is -0.278. The number of nitrogens with zero attached hydrogens (tertiary/aromatic N) is 1. The molecule has 2 atom stereocenters. The zero-order valence-electron chi connectivity index (χ0n) is 14.8. The Morgan fingerprint density at radius 3 is 2.56 bits per heavy atom. The summed E-state index contributed by atoms with van der Waals surface area (Å²) in [6.45, 7) is 1.93. The highest BCUT2D eigenvalue weighted by Crippen LogP contribution is 2.40. The Morgan fingerprint density at radius 2 is 1.96 bits per heavy atom. The second-order valence-corrected chi connectivity index (χ2v) is 7.55. The lowest BCUT2D eigenvalue weighted by Gasteiger charge is -2.43. The van der Waals surface area contributed by atoms with Gasteiger partial charge in [-0.15, -0.1) is 0 Å². The van der Waals surface area contributed by atoms with Gasteiger partial charge in [0.05, 0.1) is 6.04 Å². The topological polar surface area (TPSA) is 49.8 Å². The second-order valence-electron chi connectivity index (χ2n) is 6.63. The molecule has 0 unspecified atom stereocenters. The number of halogens is 3. The van der Waals surface area contributed by atoms with Crippen molar-refractivity contribution in [3.63, 3.8) is 0 Å². The van der Waals surface area contributed by atoms with E-state index in [1.807, 2.05) is 31.2 Å². The van der Waals surface area contributed by atoms with Gasteiger partial charge in [0.1, 0.15) is 17.2 Å². The highest BCUT2D eigenvalue weighted by Gasteiger charge is 2.44. The Morgan fingerprint density at radius 1 is 1.26 bits per heavy atom. The van der Waals surface area contributed by atoms with Crippen molar-refractivity contribution in [2.45, 2.75) is 31.4 Å². The van der Waals surface area contributed by atoms with Crippen molar-refractivity contribution in [3.8, 4) is 0 Å². The molecule has 3 rings (SSSR count). The lowest BCUT2D eigenvalue weighted by atomic mass is 9.85. The van der Waals surface area contributed by atoms with Crippen LogP contribution in [0.25, 0.3) is 0 Å². The van der Waals surface area contributed by atoms with E-state index < -0.39 is 23.3 Å². The van der Waals surface area contributed by atoms with Gasteiger partial charge in [0.25, 0.3) is 0 Å². The molecule has 0 aliphatic carbocycles. The van der Waals surface area contributed by atoms with E-state index in [4.69, 9.17) is 4.74 Å². The van der Waals surface area contributed by atoms with Crippen LogP contribution >= 0.6 is 15.9 Å². The monoisotopic (exact) mass is 439 g/mol. The molecule has 0 bridgehead atoms. The number of carbonyl (C=O) groups is 1. The van der Waals surface area contributed by atoms with Crippen molar-refractivity contribution in [1.29, 1.82) is 0 Å². The Labute approximate surface area is 164 Å². The van der Waals surface area contributed by atoms with E-state index in [1.54, 1.807) is 4.90 Å². The van der Waals surface area contributed by atoms with Crippen LogP contribution < -0.4 is 0 Å². The van der Waals surface area contributed by atoms with Crippen LogP contribution in [0, 0.1) is 11.6 Å². The first-order chi connectivity index (χ1) is 12.9. The fourth-order valence-electron chi connectivity index (χ4n) is 3.48. The summed E-state index contributed by atoms with van der Waals surface area (Å²) in [5.74, 6) is -1.49. The van der Waals surface area contributed by atoms with Gasteiger partial charge in [-0.3, -0.25) is 0 Å². The van der Waals surface area contributed by atoms with Crippen LogP contribution in [0.3, 0.4) is 0 Å². The third-order valence-corrected chi connectivity index (χ3v) is 5.56. The van der Waals surface area contributed by atoms with Crippen molar-refractivity contribution in [2.75, 3.05) is 13.2 Å². The lowest BCUT2D eigenvalue weighted by molar-refractivity contribution is -0.0735. The van der Waals surface area contributed by atoms with Gasteiger partial charge in [0.15, 0.2) is 0 Å². The molecule has 2 aromatic rings. The first-order valence-electron chi connectivity index (χ1n) is 8.68. The number of carbonyl (C=O) groups excluding carboxylic acids is 1. The molecule has 0 aromatic heterocycles. The lowest BCUT2D eigenvalue weighted by Crippen LogP contribution is -2.49. The Hall–Kier alpha value is -1.99. The van der Waals surface area contributed by atoms with Crippen molar-refractivity contribution in [1.82, 2.24) is 4.90 Å². The molecule has 1 heterocycles. The number of hydrogen-bond acceptors (Lipinski definition) is 3. The zero-order valence-corrected chi connectivity index (χ0v) is 16.4. The third-order valence-electron chi connectivity index (χ3n) is 5.03. The molecule has 1 aliphatic heterocycles. The van der Waals surface area contributed by atoms with E-state index in [1.165, 1.54) is 6.07 Å². The van der Waals surface area contributed by atoms with Crippen LogP contribution in [0.1, 0.15) is 36.9 Å². The number of amides is 1. The maximum Gasteiger partial charge on any atom is 0.411 e. The molecule has 27 heavy (non-hydrogen) atoms. The summed E-state index contributed by atoms with van der Waals surface area (Å²) in [5, 5.41) is 9.45. The summed E-state index contributed by atoms with van der Waals surface area (Å²) >= 11 is 3.38. The molecule has 0 radical (unpaired) electrons. The molecule has 2 aromatic carbocycles. The van der Waals surface area contributed by atoms with Crippen molar-refractivity contribution >= 4 is 22.0 Å². The summed E-state index contributed by atoms with van der Waals surface area (Å²) < 4.78 is 34.2. The van der Waals surface area contributed by atoms with Crippen LogP contribution in [-0.4, -0.2) is 29.3 Å². The SMILES string of the molecule is C[C@@H](c1ccc(Br)cc1)N1CC[C@@](CCO)(c2ccc(F)cc2F)OC1=O. The summed E-state index contributed by atoms with van der Waals surface area (Å²) in [6.07, 6.45) is -0.251. The molecular weight excluding hydrogens is 420 g/mol. The number of rotatable bonds is 5. The van der Waals surface area contributed by atoms with Crippen LogP contribution in [0.15, 0.2) is 46.9 Å². The average Bonchev–Trinajstić information content (AvgIpc) is 2.62. The van der Waals surface area contributed by atoms with Gasteiger partial charge < -0.3 is 14.7 Å². The van der Waals surface area contributed by atoms with E-state index in [9.17, 15) is 18.7 Å². The smallest absolute Gasteiger partial charge is 0.411 e. The van der Waals surface area contributed by atoms with Gasteiger partial charge >= 0.3 is 6.09 Å². The van der Waals surface area contributed by atoms with E-state index in [-0.39, 0.29) is 24.6 Å². The van der Waals surface area contributed by atoms with Crippen LogP contribution in [0.4, 0.5) is 13.6 Å². The fraction of sp³-hybridized carbons (Fsp3) is 0.350. The van der Waals surface area contributed by atoms with Crippen molar-refractivity contribution in [3.05, 3.63) is 69.7 Å². The van der Waals surface area contributed by atoms with E-state index in [0.29, 0.717) is 13.0 Å². The van der Waals surface area contributed by atoms with Crippen LogP contribution in [0.2, 0.25) is 0 Å². The predicted molar refractivity (Wildman–Crippen MR) is 100 cm³/mol. The molecular formula is C20H20BrF2NO3. The molecule has 1 amide bonds. The van der Waals surface area contributed by atoms with Crippen molar-refractivity contribution in [2.24, 2.45) is 0 Å². The van der Waals surface area contributed by atoms with Crippen LogP contribution in [0.5, 0.6) is 0 Å². The van der Waals surface area contributed by atoms with Gasteiger partial charge in [-0.2, -0.15) is 0 Å². The predicted octanol–water partition coefficient (Wildman–Crippen LogP) is 4.91. The highest BCUT2D eigenvalue weighted by molar-refractivity contribution is 9.10. The van der Waals surface area contributed by atoms with Gasteiger partial charge in [-0.25, -0.2) is 13.6 Å². The van der Waals surface area contributed by atoms with E-state index >= 15 is 0 Å². The molecule has 1 fully saturated rings. The van der Waals surface area contributed by atoms with E-state index in [2.05, 4.69) is 15.9 Å². The Balaban J connectivity index is 1.86. The number of benzene rings is 2. The molecule has 144 valence electrons. The molecule has 0 spiro atoms. The first kappa shape index (κ1) is 19.8. The summed E-state index contributed by atoms with van der Waals surface area (Å²) in [7, 11) is 0. The minimum Gasteiger partial charge on any atom is -0.438 e. The quantitative estimate of drug-likeness (QED) is 0.719. The number of aliphatic hydroxyl groups is 1. The molecule has 4 nitrogen and oxygen atoms in total. The summed E-state index contributed by atoms with van der Waals surface area (Å²) in [4.78, 5) is 14.3. The van der Waals surface area contributed by atoms with Crippen LogP contribution in [-0.2, 0) is 10.3 Å². The van der Waals surface area contributed by atoms with Gasteiger partial charge in [-0.1, -0.05) is 28.1 Å². The average molecular weight is 440 g/mol. The largest absolute Gasteiger partial charge is 0.438 e. The number of aliphatic hydroxyl groups excluding tert-OH is 1. The van der Waals surface area contributed by atoms with Gasteiger partial charge in [-0.05, 0) is 36.8 Å². The molecule has 1 aliphatic rings. The number of cyclic esters (lactones) is 1. The number of ether oxygens (including phenoxy) is 1. The minimum absolute atomic E-state index is 0.0434. The van der Waals surface area contributed by atoms with Gasteiger partial charge in [0, 0.05) is 42.1 Å². The Kier molecular flexibility index (Phi) is 5.81. The standard InChI is InChI=1S/C20H20BrF2NO3/c1-13(14-2-4-15(21)5-3-14)24-10-8-20(9-11-25,27-19(24)26)17-7-6-16(22)12-18(17)23/h2-7,12-13,25H,8-11H2,1H3/t13-,20+/m0/s1.